The molecule has 0 aromatic heterocycles. The van der Waals surface area contributed by atoms with Crippen LogP contribution in [0.5, 0.6) is 5.75 Å². The van der Waals surface area contributed by atoms with Gasteiger partial charge < -0.3 is 20.0 Å². The number of aliphatic hydroxyl groups excluding tert-OH is 1. The van der Waals surface area contributed by atoms with Gasteiger partial charge >= 0.3 is 0 Å². The molecule has 1 unspecified atom stereocenters. The van der Waals surface area contributed by atoms with Gasteiger partial charge in [0, 0.05) is 24.2 Å². The van der Waals surface area contributed by atoms with E-state index in [1.165, 1.54) is 29.2 Å². The Labute approximate surface area is 176 Å². The Kier molecular flexibility index (Phi) is 7.81. The number of nitrogens with zero attached hydrogens (tertiary/aromatic N) is 2. The maximum Gasteiger partial charge on any atom is 0.289 e. The van der Waals surface area contributed by atoms with E-state index in [1.54, 1.807) is 18.3 Å². The number of carbonyl (C=O) groups excluding carboxylic acids is 1. The van der Waals surface area contributed by atoms with Crippen LogP contribution in [-0.4, -0.2) is 45.1 Å². The molecule has 0 radical (unpaired) electrons. The quantitative estimate of drug-likeness (QED) is 0.542. The number of carbonyl (C=O) groups is 1. The molecule has 1 aliphatic heterocycles. The van der Waals surface area contributed by atoms with Crippen molar-refractivity contribution in [1.29, 1.82) is 0 Å². The number of amides is 1. The van der Waals surface area contributed by atoms with Crippen LogP contribution in [0.4, 0.5) is 4.39 Å². The predicted octanol–water partition coefficient (Wildman–Crippen LogP) is 4.84. The average molecular weight is 410 g/mol. The Morgan fingerprint density at radius 2 is 1.93 bits per heavy atom. The highest BCUT2D eigenvalue weighted by atomic mass is 19.1. The topological polar surface area (TPSA) is 64.0 Å². The van der Waals surface area contributed by atoms with Crippen LogP contribution in [0.2, 0.25) is 0 Å². The number of rotatable bonds is 10. The van der Waals surface area contributed by atoms with Gasteiger partial charge in [0.1, 0.15) is 11.6 Å². The zero-order chi connectivity index (χ0) is 22.3. The SMILES string of the molecule is C=C/C=C(\C(=C)F)C1C(c2ccc(O)cc2)=C(O)C(=O)N1CCCN(C=C)/C=C\C. The molecule has 1 amide bonds. The fraction of sp³-hybridized carbons (Fsp3) is 0.208. The zero-order valence-electron chi connectivity index (χ0n) is 17.1. The van der Waals surface area contributed by atoms with Gasteiger partial charge in [-0.15, -0.1) is 0 Å². The van der Waals surface area contributed by atoms with Gasteiger partial charge in [-0.1, -0.05) is 50.1 Å². The van der Waals surface area contributed by atoms with Crippen molar-refractivity contribution < 1.29 is 19.4 Å². The second kappa shape index (κ2) is 10.3. The lowest BCUT2D eigenvalue weighted by atomic mass is 9.92. The van der Waals surface area contributed by atoms with E-state index in [9.17, 15) is 19.4 Å². The molecule has 0 saturated heterocycles. The van der Waals surface area contributed by atoms with Crippen LogP contribution < -0.4 is 0 Å². The first kappa shape index (κ1) is 22.7. The van der Waals surface area contributed by atoms with Crippen LogP contribution in [0.3, 0.4) is 0 Å². The fourth-order valence-electron chi connectivity index (χ4n) is 3.44. The summed E-state index contributed by atoms with van der Waals surface area (Å²) in [7, 11) is 0. The van der Waals surface area contributed by atoms with Crippen molar-refractivity contribution >= 4 is 11.5 Å². The number of hydrogen-bond donors (Lipinski definition) is 2. The molecule has 30 heavy (non-hydrogen) atoms. The first-order valence-corrected chi connectivity index (χ1v) is 9.57. The summed E-state index contributed by atoms with van der Waals surface area (Å²) in [6.45, 7) is 13.5. The van der Waals surface area contributed by atoms with E-state index in [-0.39, 0.29) is 23.4 Å². The predicted molar refractivity (Wildman–Crippen MR) is 118 cm³/mol. The van der Waals surface area contributed by atoms with Crippen LogP contribution in [-0.2, 0) is 4.79 Å². The number of halogens is 1. The summed E-state index contributed by atoms with van der Waals surface area (Å²) in [5, 5.41) is 20.2. The summed E-state index contributed by atoms with van der Waals surface area (Å²) in [6, 6.07) is 5.17. The Morgan fingerprint density at radius 3 is 2.47 bits per heavy atom. The lowest BCUT2D eigenvalue weighted by Crippen LogP contribution is -2.38. The molecule has 1 heterocycles. The summed E-state index contributed by atoms with van der Waals surface area (Å²) in [6.07, 6.45) is 8.84. The summed E-state index contributed by atoms with van der Waals surface area (Å²) in [5.74, 6) is -1.71. The molecule has 2 rings (SSSR count). The summed E-state index contributed by atoms with van der Waals surface area (Å²) < 4.78 is 14.4. The van der Waals surface area contributed by atoms with Crippen molar-refractivity contribution in [2.24, 2.45) is 0 Å². The molecule has 0 aliphatic carbocycles. The highest BCUT2D eigenvalue weighted by Gasteiger charge is 2.42. The maximum atomic E-state index is 14.4. The lowest BCUT2D eigenvalue weighted by Gasteiger charge is -2.29. The van der Waals surface area contributed by atoms with Crippen LogP contribution in [0, 0.1) is 0 Å². The van der Waals surface area contributed by atoms with Gasteiger partial charge in [0.15, 0.2) is 5.76 Å². The Bertz CT molecular complexity index is 913. The number of phenolic OH excluding ortho intramolecular Hbond substituents is 1. The van der Waals surface area contributed by atoms with Gasteiger partial charge in [0.05, 0.1) is 6.04 Å². The van der Waals surface area contributed by atoms with Crippen molar-refractivity contribution in [3.05, 3.63) is 97.4 Å². The van der Waals surface area contributed by atoms with Gasteiger partial charge in [0.25, 0.3) is 5.91 Å². The number of phenols is 1. The molecule has 158 valence electrons. The molecule has 2 N–H and O–H groups in total. The minimum absolute atomic E-state index is 0.0434. The molecular formula is C24H27FN2O3. The third-order valence-electron chi connectivity index (χ3n) is 4.78. The van der Waals surface area contributed by atoms with Crippen molar-refractivity contribution in [3.8, 4) is 5.75 Å². The summed E-state index contributed by atoms with van der Waals surface area (Å²) >= 11 is 0. The van der Waals surface area contributed by atoms with E-state index < -0.39 is 23.5 Å². The normalized spacial score (nSPS) is 17.0. The van der Waals surface area contributed by atoms with Crippen molar-refractivity contribution in [2.45, 2.75) is 19.4 Å². The molecule has 1 aromatic carbocycles. The molecule has 0 fully saturated rings. The first-order valence-electron chi connectivity index (χ1n) is 9.57. The van der Waals surface area contributed by atoms with Crippen LogP contribution >= 0.6 is 0 Å². The number of benzene rings is 1. The van der Waals surface area contributed by atoms with E-state index >= 15 is 0 Å². The molecule has 5 nitrogen and oxygen atoms in total. The Balaban J connectivity index is 2.43. The first-order chi connectivity index (χ1) is 14.3. The van der Waals surface area contributed by atoms with Crippen LogP contribution in [0.25, 0.3) is 5.57 Å². The van der Waals surface area contributed by atoms with Gasteiger partial charge in [-0.05, 0) is 43.4 Å². The largest absolute Gasteiger partial charge is 0.508 e. The number of hydrogen-bond acceptors (Lipinski definition) is 4. The third-order valence-corrected chi connectivity index (χ3v) is 4.78. The van der Waals surface area contributed by atoms with Crippen LogP contribution in [0.15, 0.2) is 91.8 Å². The second-order valence-electron chi connectivity index (χ2n) is 6.73. The summed E-state index contributed by atoms with van der Waals surface area (Å²) in [4.78, 5) is 16.2. The Morgan fingerprint density at radius 1 is 1.27 bits per heavy atom. The van der Waals surface area contributed by atoms with E-state index in [0.29, 0.717) is 18.5 Å². The monoisotopic (exact) mass is 410 g/mol. The molecule has 1 aliphatic rings. The van der Waals surface area contributed by atoms with E-state index in [1.807, 2.05) is 24.1 Å². The molecule has 1 aromatic rings. The van der Waals surface area contributed by atoms with Crippen molar-refractivity contribution in [3.63, 3.8) is 0 Å². The molecule has 0 saturated carbocycles. The number of aliphatic hydroxyl groups is 1. The number of aromatic hydroxyl groups is 1. The van der Waals surface area contributed by atoms with Crippen LogP contribution in [0.1, 0.15) is 18.9 Å². The molecule has 0 spiro atoms. The van der Waals surface area contributed by atoms with E-state index in [4.69, 9.17) is 0 Å². The van der Waals surface area contributed by atoms with Gasteiger partial charge in [0.2, 0.25) is 0 Å². The maximum absolute atomic E-state index is 14.4. The minimum atomic E-state index is -0.864. The fourth-order valence-corrected chi connectivity index (χ4v) is 3.44. The average Bonchev–Trinajstić information content (AvgIpc) is 2.96. The molecule has 1 atom stereocenters. The molecular weight excluding hydrogens is 383 g/mol. The standard InChI is InChI=1S/C24H27FN2O3/c1-5-9-20(17(4)25)22-21(18-10-12-19(28)13-11-18)23(29)24(30)27(22)16-8-15-26(7-3)14-6-2/h5-7,9-14,22,28-29H,1,3-4,8,15-16H2,2H3/b14-6-,20-9+. The molecule has 6 heteroatoms. The van der Waals surface area contributed by atoms with Crippen molar-refractivity contribution in [2.75, 3.05) is 13.1 Å². The van der Waals surface area contributed by atoms with Gasteiger partial charge in [-0.3, -0.25) is 4.79 Å². The van der Waals surface area contributed by atoms with E-state index in [2.05, 4.69) is 19.7 Å². The highest BCUT2D eigenvalue weighted by molar-refractivity contribution is 6.06. The minimum Gasteiger partial charge on any atom is -0.508 e. The van der Waals surface area contributed by atoms with Gasteiger partial charge in [-0.25, -0.2) is 4.39 Å². The lowest BCUT2D eigenvalue weighted by molar-refractivity contribution is -0.128. The Hall–Kier alpha value is -3.54. The zero-order valence-corrected chi connectivity index (χ0v) is 17.1. The third kappa shape index (κ3) is 4.89. The van der Waals surface area contributed by atoms with E-state index in [0.717, 1.165) is 0 Å². The number of allylic oxidation sites excluding steroid dienone is 3. The molecule has 0 bridgehead atoms. The van der Waals surface area contributed by atoms with Crippen molar-refractivity contribution in [1.82, 2.24) is 9.80 Å². The second-order valence-corrected chi connectivity index (χ2v) is 6.73. The smallest absolute Gasteiger partial charge is 0.289 e. The summed E-state index contributed by atoms with van der Waals surface area (Å²) in [5.41, 5.74) is 0.907. The highest BCUT2D eigenvalue weighted by Crippen LogP contribution is 2.39. The van der Waals surface area contributed by atoms with Gasteiger partial charge in [-0.2, -0.15) is 0 Å².